The summed E-state index contributed by atoms with van der Waals surface area (Å²) in [6.45, 7) is 2.20. The van der Waals surface area contributed by atoms with Gasteiger partial charge in [-0.2, -0.15) is 0 Å². The molecule has 1 aliphatic carbocycles. The molecule has 1 saturated carbocycles. The average Bonchev–Trinajstić information content (AvgIpc) is 2.80. The van der Waals surface area contributed by atoms with E-state index in [0.717, 1.165) is 24.2 Å². The van der Waals surface area contributed by atoms with Gasteiger partial charge in [0.05, 0.1) is 19.0 Å². The molecule has 0 spiro atoms. The number of halogens is 2. The zero-order valence-electron chi connectivity index (χ0n) is 18.5. The van der Waals surface area contributed by atoms with Gasteiger partial charge >= 0.3 is 5.97 Å². The van der Waals surface area contributed by atoms with Crippen LogP contribution in [0.3, 0.4) is 0 Å². The molecule has 1 aliphatic rings. The minimum absolute atomic E-state index is 0.140. The van der Waals surface area contributed by atoms with E-state index in [2.05, 4.69) is 6.92 Å². The maximum Gasteiger partial charge on any atom is 0.320 e. The zero-order valence-corrected chi connectivity index (χ0v) is 20.9. The molecule has 0 N–H and O–H groups in total. The molecule has 172 valence electrons. The largest absolute Gasteiger partial charge is 0.497 e. The van der Waals surface area contributed by atoms with Crippen molar-refractivity contribution in [1.82, 2.24) is 0 Å². The molecule has 3 rings (SSSR count). The summed E-state index contributed by atoms with van der Waals surface area (Å²) in [6, 6.07) is 12.7. The molecule has 2 aromatic rings. The number of hydrogen-bond acceptors (Lipinski definition) is 5. The molecular weight excluding hydrogens is 467 g/mol. The van der Waals surface area contributed by atoms with Gasteiger partial charge in [0.2, 0.25) is 0 Å². The molecule has 0 aromatic heterocycles. The molecule has 7 heteroatoms. The first-order valence-electron chi connectivity index (χ1n) is 10.6. The maximum absolute atomic E-state index is 14.1. The van der Waals surface area contributed by atoms with Gasteiger partial charge in [-0.3, -0.25) is 9.59 Å². The number of esters is 1. The Kier molecular flexibility index (Phi) is 8.54. The highest BCUT2D eigenvalue weighted by atomic mass is 35.5. The van der Waals surface area contributed by atoms with Crippen LogP contribution in [-0.2, 0) is 20.1 Å². The van der Waals surface area contributed by atoms with Crippen molar-refractivity contribution >= 4 is 46.7 Å². The van der Waals surface area contributed by atoms with Crippen LogP contribution in [-0.4, -0.2) is 30.7 Å². The normalized spacial score (nSPS) is 21.6. The van der Waals surface area contributed by atoms with Crippen LogP contribution in [0.15, 0.2) is 42.5 Å². The second-order valence-electron chi connectivity index (χ2n) is 8.30. The van der Waals surface area contributed by atoms with E-state index < -0.39 is 16.6 Å². The minimum atomic E-state index is -1.08. The molecule has 32 heavy (non-hydrogen) atoms. The predicted octanol–water partition coefficient (Wildman–Crippen LogP) is 6.71. The molecule has 1 atom stereocenters. The highest BCUT2D eigenvalue weighted by molar-refractivity contribution is 8.00. The number of thioether (sulfide) groups is 1. The summed E-state index contributed by atoms with van der Waals surface area (Å²) in [6.07, 6.45) is 3.30. The summed E-state index contributed by atoms with van der Waals surface area (Å²) in [4.78, 5) is 26.9. The summed E-state index contributed by atoms with van der Waals surface area (Å²) < 4.78 is 9.60. The van der Waals surface area contributed by atoms with Gasteiger partial charge in [-0.25, -0.2) is 0 Å². The first-order chi connectivity index (χ1) is 15.3. The Morgan fingerprint density at radius 2 is 1.75 bits per heavy atom. The Morgan fingerprint density at radius 3 is 2.31 bits per heavy atom. The van der Waals surface area contributed by atoms with Crippen LogP contribution in [0.5, 0.6) is 5.75 Å². The Hall–Kier alpha value is -1.69. The van der Waals surface area contributed by atoms with Gasteiger partial charge < -0.3 is 9.47 Å². The summed E-state index contributed by atoms with van der Waals surface area (Å²) in [5.74, 6) is 0.182. The maximum atomic E-state index is 14.1. The molecule has 0 bridgehead atoms. The molecule has 1 unspecified atom stereocenters. The van der Waals surface area contributed by atoms with E-state index in [0.29, 0.717) is 40.1 Å². The van der Waals surface area contributed by atoms with Gasteiger partial charge in [0.1, 0.15) is 11.7 Å². The molecule has 4 nitrogen and oxygen atoms in total. The van der Waals surface area contributed by atoms with Crippen molar-refractivity contribution < 1.29 is 19.1 Å². The van der Waals surface area contributed by atoms with Gasteiger partial charge in [-0.05, 0) is 67.0 Å². The first kappa shape index (κ1) is 24.9. The lowest BCUT2D eigenvalue weighted by Crippen LogP contribution is -2.44. The smallest absolute Gasteiger partial charge is 0.320 e. The zero-order chi connectivity index (χ0) is 23.3. The van der Waals surface area contributed by atoms with Gasteiger partial charge in [0.25, 0.3) is 0 Å². The van der Waals surface area contributed by atoms with E-state index in [1.807, 2.05) is 24.3 Å². The highest BCUT2D eigenvalue weighted by Crippen LogP contribution is 2.47. The second-order valence-corrected chi connectivity index (χ2v) is 10.5. The number of hydrogen-bond donors (Lipinski definition) is 0. The van der Waals surface area contributed by atoms with Gasteiger partial charge in [-0.15, -0.1) is 11.8 Å². The fourth-order valence-electron chi connectivity index (χ4n) is 4.13. The fourth-order valence-corrected chi connectivity index (χ4v) is 6.06. The van der Waals surface area contributed by atoms with Gasteiger partial charge in [0, 0.05) is 15.8 Å². The Balaban J connectivity index is 1.94. The Morgan fingerprint density at radius 1 is 1.09 bits per heavy atom. The number of benzene rings is 2. The molecule has 0 radical (unpaired) electrons. The lowest BCUT2D eigenvalue weighted by atomic mass is 9.75. The van der Waals surface area contributed by atoms with Crippen LogP contribution in [0, 0.1) is 5.92 Å². The third kappa shape index (κ3) is 5.62. The molecule has 1 fully saturated rings. The summed E-state index contributed by atoms with van der Waals surface area (Å²) in [5, 5.41) is 0.741. The van der Waals surface area contributed by atoms with Crippen LogP contribution in [0.4, 0.5) is 0 Å². The van der Waals surface area contributed by atoms with E-state index in [-0.39, 0.29) is 5.78 Å². The fraction of sp³-hybridized carbons (Fsp3) is 0.440. The third-order valence-electron chi connectivity index (χ3n) is 6.18. The number of Topliss-reactive ketones (excluding diaryl/α,β-unsaturated/α-hetero) is 1. The summed E-state index contributed by atoms with van der Waals surface area (Å²) in [5.41, 5.74) is 1.54. The molecule has 0 aliphatic heterocycles. The lowest BCUT2D eigenvalue weighted by molar-refractivity contribution is -0.146. The second kappa shape index (κ2) is 11.0. The van der Waals surface area contributed by atoms with Crippen LogP contribution >= 0.6 is 35.0 Å². The van der Waals surface area contributed by atoms with Crippen molar-refractivity contribution in [2.24, 2.45) is 5.92 Å². The SMILES string of the molecule is COC(=O)C(C(=O)C1(SCc2ccc(OC)cc2)CCC(C)CC1)c1ccc(Cl)cc1Cl. The number of ketones is 1. The van der Waals surface area contributed by atoms with Crippen molar-refractivity contribution in [3.8, 4) is 5.75 Å². The predicted molar refractivity (Wildman–Crippen MR) is 131 cm³/mol. The monoisotopic (exact) mass is 494 g/mol. The average molecular weight is 495 g/mol. The Bertz CT molecular complexity index is 953. The molecule has 2 aromatic carbocycles. The van der Waals surface area contributed by atoms with E-state index >= 15 is 0 Å². The molecule has 0 amide bonds. The summed E-state index contributed by atoms with van der Waals surface area (Å²) >= 11 is 14.1. The number of carbonyl (C=O) groups is 2. The van der Waals surface area contributed by atoms with Crippen molar-refractivity contribution in [3.63, 3.8) is 0 Å². The quantitative estimate of drug-likeness (QED) is 0.301. The number of ether oxygens (including phenoxy) is 2. The molecular formula is C25H28Cl2O4S. The van der Waals surface area contributed by atoms with E-state index in [4.69, 9.17) is 32.7 Å². The van der Waals surface area contributed by atoms with Gasteiger partial charge in [-0.1, -0.05) is 48.3 Å². The minimum Gasteiger partial charge on any atom is -0.497 e. The molecule has 0 saturated heterocycles. The summed E-state index contributed by atoms with van der Waals surface area (Å²) in [7, 11) is 2.93. The van der Waals surface area contributed by atoms with Crippen LogP contribution in [0.25, 0.3) is 0 Å². The Labute approximate surface area is 204 Å². The van der Waals surface area contributed by atoms with Crippen molar-refractivity contribution in [2.45, 2.75) is 49.0 Å². The van der Waals surface area contributed by atoms with Crippen LogP contribution in [0.2, 0.25) is 10.0 Å². The van der Waals surface area contributed by atoms with E-state index in [1.54, 1.807) is 37.1 Å². The third-order valence-corrected chi connectivity index (χ3v) is 8.38. The number of rotatable bonds is 8. The van der Waals surface area contributed by atoms with Gasteiger partial charge in [0.15, 0.2) is 5.78 Å². The van der Waals surface area contributed by atoms with Crippen molar-refractivity contribution in [1.29, 1.82) is 0 Å². The number of methoxy groups -OCH3 is 2. The van der Waals surface area contributed by atoms with E-state index in [1.165, 1.54) is 7.11 Å². The number of carbonyl (C=O) groups excluding carboxylic acids is 2. The topological polar surface area (TPSA) is 52.6 Å². The highest BCUT2D eigenvalue weighted by Gasteiger charge is 2.47. The van der Waals surface area contributed by atoms with Crippen LogP contribution < -0.4 is 4.74 Å². The first-order valence-corrected chi connectivity index (χ1v) is 12.4. The van der Waals surface area contributed by atoms with Crippen molar-refractivity contribution in [3.05, 3.63) is 63.6 Å². The molecule has 0 heterocycles. The van der Waals surface area contributed by atoms with E-state index in [9.17, 15) is 9.59 Å². The lowest BCUT2D eigenvalue weighted by Gasteiger charge is -2.39. The van der Waals surface area contributed by atoms with Crippen LogP contribution in [0.1, 0.15) is 49.7 Å². The van der Waals surface area contributed by atoms with Crippen molar-refractivity contribution in [2.75, 3.05) is 14.2 Å². The standard InChI is InChI=1S/C25H28Cl2O4S/c1-16-10-12-25(13-11-16,32-15-17-4-7-19(30-2)8-5-17)23(28)22(24(29)31-3)20-9-6-18(26)14-21(20)27/h4-9,14,16,22H,10-13,15H2,1-3H3.